The van der Waals surface area contributed by atoms with Gasteiger partial charge in [-0.3, -0.25) is 4.98 Å². The number of hydrogen-bond donors (Lipinski definition) is 1. The zero-order chi connectivity index (χ0) is 21.2. The molecule has 1 aliphatic heterocycles. The maximum Gasteiger partial charge on any atom is 0.138 e. The highest BCUT2D eigenvalue weighted by Crippen LogP contribution is 2.34. The number of hydrogen-bond acceptors (Lipinski definition) is 5. The molecule has 0 radical (unpaired) electrons. The molecular formula is C25H22N4O2. The predicted molar refractivity (Wildman–Crippen MR) is 119 cm³/mol. The summed E-state index contributed by atoms with van der Waals surface area (Å²) < 4.78 is 11.5. The molecule has 1 aromatic carbocycles. The van der Waals surface area contributed by atoms with Gasteiger partial charge in [-0.25, -0.2) is 4.98 Å². The van der Waals surface area contributed by atoms with Crippen LogP contribution >= 0.6 is 0 Å². The van der Waals surface area contributed by atoms with Gasteiger partial charge in [0.1, 0.15) is 23.6 Å². The molecule has 0 atom stereocenters. The Bertz CT molecular complexity index is 1270. The molecule has 4 aromatic rings. The molecule has 31 heavy (non-hydrogen) atoms. The third kappa shape index (κ3) is 3.88. The number of benzene rings is 1. The van der Waals surface area contributed by atoms with Crippen LogP contribution in [-0.4, -0.2) is 34.3 Å². The second kappa shape index (κ2) is 8.21. The molecule has 0 saturated carbocycles. The van der Waals surface area contributed by atoms with Crippen LogP contribution in [0, 0.1) is 18.3 Å². The maximum absolute atomic E-state index is 9.73. The number of pyridine rings is 2. The van der Waals surface area contributed by atoms with Crippen molar-refractivity contribution in [1.29, 1.82) is 5.26 Å². The number of H-pyrrole nitrogens is 1. The van der Waals surface area contributed by atoms with Crippen LogP contribution in [0.2, 0.25) is 0 Å². The molecule has 0 bridgehead atoms. The van der Waals surface area contributed by atoms with Crippen molar-refractivity contribution >= 4 is 11.0 Å². The lowest BCUT2D eigenvalue weighted by Gasteiger charge is -2.23. The number of nitriles is 1. The third-order valence-electron chi connectivity index (χ3n) is 5.63. The molecule has 5 rings (SSSR count). The smallest absolute Gasteiger partial charge is 0.138 e. The molecule has 1 N–H and O–H groups in total. The normalized spacial score (nSPS) is 14.5. The SMILES string of the molecule is Cc1ccc(-c2cc3c(-c4ccc(OC5CCOCC5)c(C#N)c4)ccnc3[nH]2)cn1. The van der Waals surface area contributed by atoms with Crippen molar-refractivity contribution in [2.45, 2.75) is 25.9 Å². The first-order valence-electron chi connectivity index (χ1n) is 10.4. The average molecular weight is 410 g/mol. The summed E-state index contributed by atoms with van der Waals surface area (Å²) in [4.78, 5) is 12.3. The highest BCUT2D eigenvalue weighted by molar-refractivity contribution is 5.96. The summed E-state index contributed by atoms with van der Waals surface area (Å²) >= 11 is 0. The molecule has 6 nitrogen and oxygen atoms in total. The van der Waals surface area contributed by atoms with E-state index in [0.717, 1.165) is 52.0 Å². The summed E-state index contributed by atoms with van der Waals surface area (Å²) in [5, 5.41) is 10.7. The molecule has 3 aromatic heterocycles. The van der Waals surface area contributed by atoms with Crippen molar-refractivity contribution in [3.63, 3.8) is 0 Å². The van der Waals surface area contributed by atoms with Crippen LogP contribution in [0.15, 0.2) is 54.9 Å². The van der Waals surface area contributed by atoms with Gasteiger partial charge in [-0.15, -0.1) is 0 Å². The van der Waals surface area contributed by atoms with Crippen LogP contribution in [0.4, 0.5) is 0 Å². The standard InChI is InChI=1S/C25H22N4O2/c1-16-2-3-18(15-28-16)23-13-22-21(6-9-27-25(22)29-23)17-4-5-24(19(12-17)14-26)31-20-7-10-30-11-8-20/h2-6,9,12-13,15,20H,7-8,10-11H2,1H3,(H,27,29). The van der Waals surface area contributed by atoms with E-state index in [1.54, 1.807) is 6.20 Å². The number of aryl methyl sites for hydroxylation is 1. The van der Waals surface area contributed by atoms with Gasteiger partial charge in [0, 0.05) is 47.6 Å². The van der Waals surface area contributed by atoms with Gasteiger partial charge in [0.15, 0.2) is 0 Å². The summed E-state index contributed by atoms with van der Waals surface area (Å²) in [5.74, 6) is 0.629. The second-order valence-corrected chi connectivity index (χ2v) is 7.74. The van der Waals surface area contributed by atoms with Gasteiger partial charge in [-0.1, -0.05) is 6.07 Å². The number of rotatable bonds is 4. The number of aromatic nitrogens is 3. The van der Waals surface area contributed by atoms with Gasteiger partial charge >= 0.3 is 0 Å². The van der Waals surface area contributed by atoms with Crippen LogP contribution in [0.25, 0.3) is 33.4 Å². The van der Waals surface area contributed by atoms with E-state index in [4.69, 9.17) is 9.47 Å². The number of nitrogens with zero attached hydrogens (tertiary/aromatic N) is 3. The van der Waals surface area contributed by atoms with Crippen LogP contribution < -0.4 is 4.74 Å². The fraction of sp³-hybridized carbons (Fsp3) is 0.240. The first kappa shape index (κ1) is 19.3. The molecule has 4 heterocycles. The number of aromatic amines is 1. The second-order valence-electron chi connectivity index (χ2n) is 7.74. The lowest BCUT2D eigenvalue weighted by Crippen LogP contribution is -2.26. The fourth-order valence-electron chi connectivity index (χ4n) is 3.92. The molecule has 1 aliphatic rings. The molecule has 0 aliphatic carbocycles. The van der Waals surface area contributed by atoms with Crippen LogP contribution in [-0.2, 0) is 4.74 Å². The largest absolute Gasteiger partial charge is 0.489 e. The van der Waals surface area contributed by atoms with Gasteiger partial charge in [0.2, 0.25) is 0 Å². The van der Waals surface area contributed by atoms with E-state index in [1.165, 1.54) is 0 Å². The Kier molecular flexibility index (Phi) is 5.11. The molecular weight excluding hydrogens is 388 g/mol. The summed E-state index contributed by atoms with van der Waals surface area (Å²) in [7, 11) is 0. The summed E-state index contributed by atoms with van der Waals surface area (Å²) in [5.41, 5.74) is 6.25. The lowest BCUT2D eigenvalue weighted by atomic mass is 10.0. The Morgan fingerprint density at radius 1 is 1.06 bits per heavy atom. The molecule has 6 heteroatoms. The van der Waals surface area contributed by atoms with Crippen molar-refractivity contribution in [1.82, 2.24) is 15.0 Å². The van der Waals surface area contributed by atoms with E-state index in [-0.39, 0.29) is 6.10 Å². The van der Waals surface area contributed by atoms with Crippen molar-refractivity contribution in [3.05, 3.63) is 66.1 Å². The van der Waals surface area contributed by atoms with Crippen LogP contribution in [0.1, 0.15) is 24.1 Å². The van der Waals surface area contributed by atoms with E-state index >= 15 is 0 Å². The molecule has 1 fully saturated rings. The van der Waals surface area contributed by atoms with E-state index in [1.807, 2.05) is 49.5 Å². The lowest BCUT2D eigenvalue weighted by molar-refractivity contribution is 0.0254. The van der Waals surface area contributed by atoms with Crippen molar-refractivity contribution in [3.8, 4) is 34.2 Å². The first-order valence-corrected chi connectivity index (χ1v) is 10.4. The van der Waals surface area contributed by atoms with E-state index < -0.39 is 0 Å². The van der Waals surface area contributed by atoms with Gasteiger partial charge in [-0.2, -0.15) is 5.26 Å². The zero-order valence-electron chi connectivity index (χ0n) is 17.3. The monoisotopic (exact) mass is 410 g/mol. The topological polar surface area (TPSA) is 83.8 Å². The molecule has 154 valence electrons. The van der Waals surface area contributed by atoms with Crippen LogP contribution in [0.5, 0.6) is 5.75 Å². The van der Waals surface area contributed by atoms with Gasteiger partial charge in [0.25, 0.3) is 0 Å². The molecule has 0 amide bonds. The van der Waals surface area contributed by atoms with E-state index in [9.17, 15) is 5.26 Å². The molecule has 1 saturated heterocycles. The quantitative estimate of drug-likeness (QED) is 0.510. The minimum absolute atomic E-state index is 0.0923. The van der Waals surface area contributed by atoms with Gasteiger partial charge in [0.05, 0.1) is 18.8 Å². The summed E-state index contributed by atoms with van der Waals surface area (Å²) in [6.07, 6.45) is 5.42. The Morgan fingerprint density at radius 3 is 2.68 bits per heavy atom. The molecule has 0 unspecified atom stereocenters. The summed E-state index contributed by atoms with van der Waals surface area (Å²) in [6, 6.07) is 16.2. The van der Waals surface area contributed by atoms with Gasteiger partial charge < -0.3 is 14.5 Å². The van der Waals surface area contributed by atoms with Crippen molar-refractivity contribution in [2.75, 3.05) is 13.2 Å². The Balaban J connectivity index is 1.51. The first-order chi connectivity index (χ1) is 15.2. The highest BCUT2D eigenvalue weighted by Gasteiger charge is 2.18. The predicted octanol–water partition coefficient (Wildman–Crippen LogP) is 5.03. The number of fused-ring (bicyclic) bond motifs is 1. The van der Waals surface area contributed by atoms with Crippen LogP contribution in [0.3, 0.4) is 0 Å². The highest BCUT2D eigenvalue weighted by atomic mass is 16.5. The fourth-order valence-corrected chi connectivity index (χ4v) is 3.92. The van der Waals surface area contributed by atoms with Crippen molar-refractivity contribution < 1.29 is 9.47 Å². The van der Waals surface area contributed by atoms with E-state index in [0.29, 0.717) is 24.5 Å². The maximum atomic E-state index is 9.73. The third-order valence-corrected chi connectivity index (χ3v) is 5.63. The van der Waals surface area contributed by atoms with E-state index in [2.05, 4.69) is 27.1 Å². The number of ether oxygens (including phenoxy) is 2. The van der Waals surface area contributed by atoms with Gasteiger partial charge in [-0.05, 0) is 54.4 Å². The average Bonchev–Trinajstić information content (AvgIpc) is 3.25. The zero-order valence-corrected chi connectivity index (χ0v) is 17.3. The number of nitrogens with one attached hydrogen (secondary N) is 1. The minimum atomic E-state index is 0.0923. The Hall–Kier alpha value is -3.69. The Labute approximate surface area is 180 Å². The Morgan fingerprint density at radius 2 is 1.90 bits per heavy atom. The van der Waals surface area contributed by atoms with Crippen molar-refractivity contribution in [2.24, 2.45) is 0 Å². The molecule has 0 spiro atoms. The minimum Gasteiger partial charge on any atom is -0.489 e. The summed E-state index contributed by atoms with van der Waals surface area (Å²) in [6.45, 7) is 3.37.